The normalized spacial score (nSPS) is 37.6. The van der Waals surface area contributed by atoms with Gasteiger partial charge in [0.15, 0.2) is 0 Å². The molecular formula is C12H27N. The van der Waals surface area contributed by atoms with Gasteiger partial charge in [-0.3, -0.25) is 0 Å². The van der Waals surface area contributed by atoms with Gasteiger partial charge in [-0.25, -0.2) is 0 Å². The molecule has 1 spiro atoms. The zero-order valence-corrected chi connectivity index (χ0v) is 9.53. The van der Waals surface area contributed by atoms with Crippen LogP contribution in [0.2, 0.25) is 0 Å². The van der Waals surface area contributed by atoms with Crippen molar-refractivity contribution in [1.82, 2.24) is 5.32 Å². The molecule has 0 aromatic heterocycles. The molecule has 0 radical (unpaired) electrons. The first kappa shape index (κ1) is 11.0. The molecule has 0 aromatic rings. The highest BCUT2D eigenvalue weighted by Crippen LogP contribution is 2.55. The van der Waals surface area contributed by atoms with Crippen LogP contribution in [0.25, 0.3) is 0 Å². The van der Waals surface area contributed by atoms with Crippen molar-refractivity contribution in [3.05, 3.63) is 0 Å². The van der Waals surface area contributed by atoms with Crippen molar-refractivity contribution in [2.75, 3.05) is 13.1 Å². The molecule has 1 heteroatoms. The van der Waals surface area contributed by atoms with E-state index in [0.717, 1.165) is 11.3 Å². The van der Waals surface area contributed by atoms with E-state index in [4.69, 9.17) is 0 Å². The summed E-state index contributed by atoms with van der Waals surface area (Å²) >= 11 is 0. The zero-order valence-electron chi connectivity index (χ0n) is 9.53. The van der Waals surface area contributed by atoms with Crippen LogP contribution in [-0.2, 0) is 0 Å². The van der Waals surface area contributed by atoms with Crippen LogP contribution in [0.4, 0.5) is 0 Å². The third-order valence-corrected chi connectivity index (χ3v) is 3.35. The van der Waals surface area contributed by atoms with Gasteiger partial charge >= 0.3 is 0 Å². The van der Waals surface area contributed by atoms with Gasteiger partial charge in [0, 0.05) is 7.97 Å². The van der Waals surface area contributed by atoms with Crippen LogP contribution >= 0.6 is 0 Å². The fourth-order valence-corrected chi connectivity index (χ4v) is 2.30. The van der Waals surface area contributed by atoms with Crippen LogP contribution in [0, 0.1) is 11.3 Å². The first-order chi connectivity index (χ1) is 6.25. The summed E-state index contributed by atoms with van der Waals surface area (Å²) in [5, 5.41) is 3.53. The van der Waals surface area contributed by atoms with Gasteiger partial charge in [-0.15, -0.1) is 0 Å². The van der Waals surface area contributed by atoms with Crippen LogP contribution in [0.5, 0.6) is 0 Å². The second kappa shape index (κ2) is 4.99. The minimum absolute atomic E-state index is 0. The van der Waals surface area contributed by atoms with E-state index >= 15 is 0 Å². The molecule has 1 aliphatic carbocycles. The largest absolute Gasteiger partial charge is 0.316 e. The molecule has 0 aromatic carbocycles. The third-order valence-electron chi connectivity index (χ3n) is 3.35. The minimum atomic E-state index is 0. The Morgan fingerprint density at radius 1 is 1.38 bits per heavy atom. The van der Waals surface area contributed by atoms with E-state index in [2.05, 4.69) is 26.1 Å². The van der Waals surface area contributed by atoms with Gasteiger partial charge in [0.1, 0.15) is 0 Å². The van der Waals surface area contributed by atoms with Gasteiger partial charge in [-0.2, -0.15) is 0 Å². The molecule has 0 bridgehead atoms. The summed E-state index contributed by atoms with van der Waals surface area (Å²) in [5.41, 5.74) is 0.760. The lowest BCUT2D eigenvalue weighted by Gasteiger charge is -2.11. The molecule has 2 atom stereocenters. The Balaban J connectivity index is 0.000000381. The highest BCUT2D eigenvalue weighted by Gasteiger charge is 2.49. The maximum Gasteiger partial charge on any atom is 0.00105 e. The predicted octanol–water partition coefficient (Wildman–Crippen LogP) is 3.45. The molecule has 2 unspecified atom stereocenters. The maximum atomic E-state index is 3.53. The summed E-state index contributed by atoms with van der Waals surface area (Å²) in [6.45, 7) is 9.20. The standard InChI is InChI=1S/C9H17N.C3H8.H2/c1-8-6-9(8)4-2-3-5-10-7-9;1-3-2;/h8,10H,2-7H2,1H3;3H2,1-2H3;1H. The van der Waals surface area contributed by atoms with E-state index in [1.54, 1.807) is 0 Å². The van der Waals surface area contributed by atoms with Crippen LogP contribution in [0.15, 0.2) is 0 Å². The van der Waals surface area contributed by atoms with Crippen LogP contribution in [-0.4, -0.2) is 13.1 Å². The molecule has 1 N–H and O–H groups in total. The van der Waals surface area contributed by atoms with Gasteiger partial charge in [0.25, 0.3) is 0 Å². The van der Waals surface area contributed by atoms with Crippen molar-refractivity contribution in [2.45, 2.75) is 52.9 Å². The smallest absolute Gasteiger partial charge is 0.00105 e. The molecule has 2 rings (SSSR count). The van der Waals surface area contributed by atoms with Crippen molar-refractivity contribution in [3.8, 4) is 0 Å². The van der Waals surface area contributed by atoms with Crippen molar-refractivity contribution >= 4 is 0 Å². The number of hydrogen-bond acceptors (Lipinski definition) is 1. The number of hydrogen-bond donors (Lipinski definition) is 1. The Bertz CT molecular complexity index is 139. The van der Waals surface area contributed by atoms with Crippen LogP contribution < -0.4 is 5.32 Å². The Morgan fingerprint density at radius 3 is 2.54 bits per heavy atom. The molecule has 1 saturated carbocycles. The van der Waals surface area contributed by atoms with Gasteiger partial charge < -0.3 is 5.32 Å². The molecular weight excluding hydrogens is 158 g/mol. The van der Waals surface area contributed by atoms with Crippen LogP contribution in [0.3, 0.4) is 0 Å². The SMILES string of the molecule is CC1CC12CCCCNC2.CCC.[HH]. The molecule has 1 saturated heterocycles. The average molecular weight is 185 g/mol. The lowest BCUT2D eigenvalue weighted by Crippen LogP contribution is -2.22. The summed E-state index contributed by atoms with van der Waals surface area (Å²) in [7, 11) is 0. The van der Waals surface area contributed by atoms with Crippen molar-refractivity contribution in [1.29, 1.82) is 0 Å². The Kier molecular flexibility index (Phi) is 4.24. The molecule has 13 heavy (non-hydrogen) atoms. The molecule has 2 fully saturated rings. The van der Waals surface area contributed by atoms with Crippen molar-refractivity contribution < 1.29 is 1.43 Å². The summed E-state index contributed by atoms with van der Waals surface area (Å²) in [6.07, 6.45) is 7.08. The Labute approximate surface area is 84.8 Å². The van der Waals surface area contributed by atoms with Gasteiger partial charge in [-0.1, -0.05) is 33.6 Å². The Hall–Kier alpha value is -0.0400. The van der Waals surface area contributed by atoms with Crippen molar-refractivity contribution in [2.24, 2.45) is 11.3 Å². The second-order valence-electron chi connectivity index (χ2n) is 4.81. The average Bonchev–Trinajstić information content (AvgIpc) is 2.78. The number of rotatable bonds is 0. The third kappa shape index (κ3) is 2.98. The molecule has 2 aliphatic rings. The van der Waals surface area contributed by atoms with E-state index < -0.39 is 0 Å². The molecule has 1 nitrogen and oxygen atoms in total. The summed E-state index contributed by atoms with van der Waals surface area (Å²) in [4.78, 5) is 0. The van der Waals surface area contributed by atoms with Gasteiger partial charge in [-0.05, 0) is 37.1 Å². The zero-order chi connectivity index (χ0) is 9.73. The molecule has 0 amide bonds. The minimum Gasteiger partial charge on any atom is -0.316 e. The van der Waals surface area contributed by atoms with E-state index in [1.807, 2.05) is 0 Å². The lowest BCUT2D eigenvalue weighted by molar-refractivity contribution is 0.424. The highest BCUT2D eigenvalue weighted by molar-refractivity contribution is 5.01. The van der Waals surface area contributed by atoms with E-state index in [1.165, 1.54) is 45.2 Å². The highest BCUT2D eigenvalue weighted by atomic mass is 14.9. The van der Waals surface area contributed by atoms with Gasteiger partial charge in [0.2, 0.25) is 0 Å². The first-order valence-electron chi connectivity index (χ1n) is 5.96. The van der Waals surface area contributed by atoms with E-state index in [9.17, 15) is 0 Å². The summed E-state index contributed by atoms with van der Waals surface area (Å²) < 4.78 is 0. The molecule has 80 valence electrons. The second-order valence-corrected chi connectivity index (χ2v) is 4.81. The topological polar surface area (TPSA) is 12.0 Å². The molecule has 1 aliphatic heterocycles. The monoisotopic (exact) mass is 185 g/mol. The fraction of sp³-hybridized carbons (Fsp3) is 1.00. The summed E-state index contributed by atoms with van der Waals surface area (Å²) in [5.74, 6) is 1.01. The first-order valence-corrected chi connectivity index (χ1v) is 5.96. The van der Waals surface area contributed by atoms with Crippen molar-refractivity contribution in [3.63, 3.8) is 0 Å². The van der Waals surface area contributed by atoms with E-state index in [0.29, 0.717) is 0 Å². The van der Waals surface area contributed by atoms with Crippen LogP contribution in [0.1, 0.15) is 54.3 Å². The lowest BCUT2D eigenvalue weighted by atomic mass is 9.98. The quantitative estimate of drug-likeness (QED) is 0.609. The molecule has 1 heterocycles. The Morgan fingerprint density at radius 2 is 2.00 bits per heavy atom. The van der Waals surface area contributed by atoms with Gasteiger partial charge in [0.05, 0.1) is 0 Å². The van der Waals surface area contributed by atoms with E-state index in [-0.39, 0.29) is 1.43 Å². The predicted molar refractivity (Wildman–Crippen MR) is 61.0 cm³/mol. The summed E-state index contributed by atoms with van der Waals surface area (Å²) in [6, 6.07) is 0. The number of nitrogens with one attached hydrogen (secondary N) is 1. The fourth-order valence-electron chi connectivity index (χ4n) is 2.30. The maximum absolute atomic E-state index is 3.53.